The number of esters is 1. The highest BCUT2D eigenvalue weighted by Crippen LogP contribution is 2.36. The molecule has 0 saturated heterocycles. The van der Waals surface area contributed by atoms with Crippen LogP contribution in [-0.2, 0) is 11.3 Å². The summed E-state index contributed by atoms with van der Waals surface area (Å²) in [6.45, 7) is 2.18. The molecule has 0 aliphatic carbocycles. The van der Waals surface area contributed by atoms with Gasteiger partial charge in [-0.1, -0.05) is 22.9 Å². The minimum atomic E-state index is -0.392. The van der Waals surface area contributed by atoms with Crippen LogP contribution in [-0.4, -0.2) is 17.9 Å². The molecule has 126 valence electrons. The van der Waals surface area contributed by atoms with Crippen LogP contribution in [0.4, 0.5) is 0 Å². The van der Waals surface area contributed by atoms with Gasteiger partial charge in [0.25, 0.3) is 0 Å². The molecular weight excluding hydrogens is 322 g/mol. The van der Waals surface area contributed by atoms with E-state index in [-0.39, 0.29) is 13.4 Å². The highest BCUT2D eigenvalue weighted by atomic mass is 16.7. The molecule has 6 nitrogen and oxygen atoms in total. The zero-order chi connectivity index (χ0) is 17.2. The molecule has 2 aromatic carbocycles. The van der Waals surface area contributed by atoms with E-state index in [4.69, 9.17) is 18.7 Å². The summed E-state index contributed by atoms with van der Waals surface area (Å²) in [6.07, 6.45) is 0. The summed E-state index contributed by atoms with van der Waals surface area (Å²) in [5.74, 6) is 1.55. The summed E-state index contributed by atoms with van der Waals surface area (Å²) >= 11 is 0. The van der Waals surface area contributed by atoms with Crippen LogP contribution in [0.3, 0.4) is 0 Å². The number of ether oxygens (including phenoxy) is 3. The first-order chi connectivity index (χ1) is 12.2. The number of nitrogens with zero attached hydrogens (tertiary/aromatic N) is 1. The molecule has 0 N–H and O–H groups in total. The van der Waals surface area contributed by atoms with Gasteiger partial charge < -0.3 is 18.7 Å². The van der Waals surface area contributed by atoms with Gasteiger partial charge in [0.1, 0.15) is 12.3 Å². The minimum Gasteiger partial charge on any atom is -0.455 e. The number of rotatable bonds is 4. The summed E-state index contributed by atoms with van der Waals surface area (Å²) in [7, 11) is 0. The lowest BCUT2D eigenvalue weighted by atomic mass is 10.1. The van der Waals surface area contributed by atoms with E-state index in [9.17, 15) is 4.79 Å². The summed E-state index contributed by atoms with van der Waals surface area (Å²) in [6, 6.07) is 14.5. The monoisotopic (exact) mass is 337 g/mol. The molecule has 3 aromatic rings. The lowest BCUT2D eigenvalue weighted by molar-refractivity contribution is 0.0464. The zero-order valence-corrected chi connectivity index (χ0v) is 13.5. The zero-order valence-electron chi connectivity index (χ0n) is 13.5. The van der Waals surface area contributed by atoms with Crippen molar-refractivity contribution in [1.82, 2.24) is 5.16 Å². The molecule has 2 heterocycles. The third-order valence-corrected chi connectivity index (χ3v) is 3.82. The Balaban J connectivity index is 1.44. The van der Waals surface area contributed by atoms with Gasteiger partial charge in [0.05, 0.1) is 5.56 Å². The Hall–Kier alpha value is -3.28. The number of carbonyl (C=O) groups is 1. The second-order valence-corrected chi connectivity index (χ2v) is 5.70. The first-order valence-corrected chi connectivity index (χ1v) is 7.78. The molecule has 0 fully saturated rings. The van der Waals surface area contributed by atoms with Crippen LogP contribution >= 0.6 is 0 Å². The molecule has 4 rings (SSSR count). The molecule has 1 aliphatic heterocycles. The lowest BCUT2D eigenvalue weighted by Gasteiger charge is -2.03. The highest BCUT2D eigenvalue weighted by molar-refractivity contribution is 5.89. The number of aromatic nitrogens is 1. The molecule has 0 amide bonds. The summed E-state index contributed by atoms with van der Waals surface area (Å²) in [5, 5.41) is 3.95. The van der Waals surface area contributed by atoms with Crippen LogP contribution < -0.4 is 9.47 Å². The van der Waals surface area contributed by atoms with Gasteiger partial charge in [0.2, 0.25) is 6.79 Å². The molecule has 25 heavy (non-hydrogen) atoms. The molecule has 0 spiro atoms. The second-order valence-electron chi connectivity index (χ2n) is 5.70. The molecule has 1 aromatic heterocycles. The van der Waals surface area contributed by atoms with E-state index in [0.717, 1.165) is 11.1 Å². The smallest absolute Gasteiger partial charge is 0.338 e. The van der Waals surface area contributed by atoms with E-state index in [1.54, 1.807) is 18.2 Å². The van der Waals surface area contributed by atoms with Crippen molar-refractivity contribution >= 4 is 5.97 Å². The van der Waals surface area contributed by atoms with Crippen molar-refractivity contribution in [3.8, 4) is 22.8 Å². The Morgan fingerprint density at radius 3 is 2.88 bits per heavy atom. The van der Waals surface area contributed by atoms with Crippen molar-refractivity contribution in [3.05, 3.63) is 65.4 Å². The molecule has 0 atom stereocenters. The van der Waals surface area contributed by atoms with Crippen molar-refractivity contribution in [2.75, 3.05) is 6.79 Å². The van der Waals surface area contributed by atoms with E-state index in [2.05, 4.69) is 5.16 Å². The third kappa shape index (κ3) is 3.19. The summed E-state index contributed by atoms with van der Waals surface area (Å²) in [4.78, 5) is 12.1. The normalized spacial score (nSPS) is 12.2. The molecular formula is C19H15NO5. The SMILES string of the molecule is Cc1cccc(C(=O)OCc2cc(-c3ccc4c(c3)OCO4)on2)c1. The Bertz CT molecular complexity index is 931. The Labute approximate surface area is 143 Å². The maximum atomic E-state index is 12.1. The molecule has 0 bridgehead atoms. The van der Waals surface area contributed by atoms with Gasteiger partial charge in [0, 0.05) is 11.6 Å². The standard InChI is InChI=1S/C19H15NO5/c1-12-3-2-4-14(7-12)19(21)22-10-15-9-17(25-20-15)13-5-6-16-18(8-13)24-11-23-16/h2-9H,10-11H2,1H3. The number of hydrogen-bond acceptors (Lipinski definition) is 6. The summed E-state index contributed by atoms with van der Waals surface area (Å²) in [5.41, 5.74) is 2.86. The Kier molecular flexibility index (Phi) is 3.85. The number of carbonyl (C=O) groups excluding carboxylic acids is 1. The van der Waals surface area contributed by atoms with Crippen LogP contribution in [0.5, 0.6) is 11.5 Å². The van der Waals surface area contributed by atoms with Crippen molar-refractivity contribution in [1.29, 1.82) is 0 Å². The maximum absolute atomic E-state index is 12.1. The molecule has 0 radical (unpaired) electrons. The van der Waals surface area contributed by atoms with Gasteiger partial charge in [-0.15, -0.1) is 0 Å². The average molecular weight is 337 g/mol. The molecule has 6 heteroatoms. The predicted octanol–water partition coefficient (Wildman–Crippen LogP) is 3.74. The number of fused-ring (bicyclic) bond motifs is 1. The van der Waals surface area contributed by atoms with Crippen molar-refractivity contribution in [2.24, 2.45) is 0 Å². The van der Waals surface area contributed by atoms with Gasteiger partial charge in [0.15, 0.2) is 17.3 Å². The number of benzene rings is 2. The van der Waals surface area contributed by atoms with Crippen LogP contribution in [0.25, 0.3) is 11.3 Å². The Morgan fingerprint density at radius 2 is 2.00 bits per heavy atom. The maximum Gasteiger partial charge on any atom is 0.338 e. The number of aryl methyl sites for hydroxylation is 1. The molecule has 0 saturated carbocycles. The number of hydrogen-bond donors (Lipinski definition) is 0. The van der Waals surface area contributed by atoms with Crippen LogP contribution in [0.15, 0.2) is 53.1 Å². The largest absolute Gasteiger partial charge is 0.455 e. The first-order valence-electron chi connectivity index (χ1n) is 7.78. The lowest BCUT2D eigenvalue weighted by Crippen LogP contribution is -2.05. The minimum absolute atomic E-state index is 0.0425. The second kappa shape index (κ2) is 6.32. The van der Waals surface area contributed by atoms with Crippen LogP contribution in [0.2, 0.25) is 0 Å². The van der Waals surface area contributed by atoms with E-state index in [0.29, 0.717) is 28.5 Å². The van der Waals surface area contributed by atoms with Gasteiger partial charge in [-0.3, -0.25) is 0 Å². The fraction of sp³-hybridized carbons (Fsp3) is 0.158. The summed E-state index contributed by atoms with van der Waals surface area (Å²) < 4.78 is 21.3. The van der Waals surface area contributed by atoms with Gasteiger partial charge in [-0.2, -0.15) is 0 Å². The van der Waals surface area contributed by atoms with Gasteiger partial charge in [-0.25, -0.2) is 4.79 Å². The topological polar surface area (TPSA) is 70.8 Å². The average Bonchev–Trinajstić information content (AvgIpc) is 3.28. The van der Waals surface area contributed by atoms with E-state index in [1.165, 1.54) is 0 Å². The first kappa shape index (κ1) is 15.3. The van der Waals surface area contributed by atoms with Crippen molar-refractivity contribution in [2.45, 2.75) is 13.5 Å². The third-order valence-electron chi connectivity index (χ3n) is 3.82. The Morgan fingerprint density at radius 1 is 1.12 bits per heavy atom. The van der Waals surface area contributed by atoms with E-state index >= 15 is 0 Å². The fourth-order valence-corrected chi connectivity index (χ4v) is 2.56. The fourth-order valence-electron chi connectivity index (χ4n) is 2.56. The predicted molar refractivity (Wildman–Crippen MR) is 88.4 cm³/mol. The molecule has 1 aliphatic rings. The quantitative estimate of drug-likeness (QED) is 0.676. The van der Waals surface area contributed by atoms with E-state index in [1.807, 2.05) is 37.3 Å². The van der Waals surface area contributed by atoms with Gasteiger partial charge in [-0.05, 0) is 37.3 Å². The molecule has 0 unspecified atom stereocenters. The van der Waals surface area contributed by atoms with Gasteiger partial charge >= 0.3 is 5.97 Å². The van der Waals surface area contributed by atoms with Crippen molar-refractivity contribution in [3.63, 3.8) is 0 Å². The van der Waals surface area contributed by atoms with Crippen molar-refractivity contribution < 1.29 is 23.5 Å². The van der Waals surface area contributed by atoms with Crippen LogP contribution in [0.1, 0.15) is 21.6 Å². The van der Waals surface area contributed by atoms with E-state index < -0.39 is 5.97 Å². The van der Waals surface area contributed by atoms with Crippen LogP contribution in [0, 0.1) is 6.92 Å². The highest BCUT2D eigenvalue weighted by Gasteiger charge is 2.16.